The molecule has 1 fully saturated rings. The largest absolute Gasteiger partial charge is 0.393 e. The fourth-order valence-corrected chi connectivity index (χ4v) is 2.27. The molecule has 0 amide bonds. The number of nitrogens with two attached hydrogens (primary N) is 1. The van der Waals surface area contributed by atoms with Gasteiger partial charge in [-0.1, -0.05) is 12.5 Å². The molecule has 0 radical (unpaired) electrons. The van der Waals surface area contributed by atoms with Crippen LogP contribution in [0.4, 0.5) is 4.39 Å². The van der Waals surface area contributed by atoms with Gasteiger partial charge in [-0.15, -0.1) is 6.42 Å². The van der Waals surface area contributed by atoms with Crippen LogP contribution in [0.2, 0.25) is 0 Å². The maximum absolute atomic E-state index is 13.2. The van der Waals surface area contributed by atoms with Crippen molar-refractivity contribution in [2.75, 3.05) is 13.3 Å². The van der Waals surface area contributed by atoms with Crippen LogP contribution in [0, 0.1) is 18.3 Å². The van der Waals surface area contributed by atoms with Crippen LogP contribution in [-0.4, -0.2) is 52.2 Å². The number of hydrogen-bond acceptors (Lipinski definition) is 6. The lowest BCUT2D eigenvalue weighted by molar-refractivity contribution is -0.142. The molecule has 2 rings (SSSR count). The summed E-state index contributed by atoms with van der Waals surface area (Å²) in [4.78, 5) is 5.41. The first kappa shape index (κ1) is 14.5. The summed E-state index contributed by atoms with van der Waals surface area (Å²) in [7, 11) is 0. The van der Waals surface area contributed by atoms with Crippen LogP contribution in [0.1, 0.15) is 0 Å². The SMILES string of the molecule is C#C[C@@H]1[C@H](N2C=CC(N)=NC2=C)O[C@@](CO)(CF)[C@H]1O. The van der Waals surface area contributed by atoms with Crippen molar-refractivity contribution < 1.29 is 19.3 Å². The lowest BCUT2D eigenvalue weighted by atomic mass is 9.91. The highest BCUT2D eigenvalue weighted by Gasteiger charge is 2.56. The minimum atomic E-state index is -1.73. The van der Waals surface area contributed by atoms with Crippen molar-refractivity contribution in [3.05, 3.63) is 24.7 Å². The second-order valence-electron chi connectivity index (χ2n) is 4.68. The molecule has 1 saturated heterocycles. The van der Waals surface area contributed by atoms with Gasteiger partial charge >= 0.3 is 0 Å². The fourth-order valence-electron chi connectivity index (χ4n) is 2.27. The number of nitrogens with zero attached hydrogens (tertiary/aromatic N) is 2. The second kappa shape index (κ2) is 5.25. The molecule has 108 valence electrons. The van der Waals surface area contributed by atoms with Crippen LogP contribution in [-0.2, 0) is 4.74 Å². The van der Waals surface area contributed by atoms with Gasteiger partial charge in [-0.2, -0.15) is 0 Å². The monoisotopic (exact) mass is 281 g/mol. The number of amidine groups is 1. The number of aliphatic hydroxyl groups is 2. The Bertz CT molecular complexity index is 507. The van der Waals surface area contributed by atoms with Gasteiger partial charge in [0.2, 0.25) is 0 Å². The van der Waals surface area contributed by atoms with Crippen LogP contribution in [0.5, 0.6) is 0 Å². The molecule has 4 N–H and O–H groups in total. The molecule has 0 aromatic rings. The van der Waals surface area contributed by atoms with E-state index in [1.54, 1.807) is 0 Å². The lowest BCUT2D eigenvalue weighted by Crippen LogP contribution is -2.47. The predicted octanol–water partition coefficient (Wildman–Crippen LogP) is -0.689. The molecule has 7 heteroatoms. The highest BCUT2D eigenvalue weighted by Crippen LogP contribution is 2.39. The van der Waals surface area contributed by atoms with Gasteiger partial charge in [-0.25, -0.2) is 9.38 Å². The Balaban J connectivity index is 2.31. The summed E-state index contributed by atoms with van der Waals surface area (Å²) < 4.78 is 18.7. The quantitative estimate of drug-likeness (QED) is 0.596. The van der Waals surface area contributed by atoms with E-state index in [1.165, 1.54) is 17.2 Å². The third-order valence-electron chi connectivity index (χ3n) is 3.46. The zero-order chi connectivity index (χ0) is 14.9. The van der Waals surface area contributed by atoms with E-state index in [9.17, 15) is 14.6 Å². The zero-order valence-electron chi connectivity index (χ0n) is 10.7. The molecule has 0 aromatic heterocycles. The molecule has 0 aliphatic carbocycles. The van der Waals surface area contributed by atoms with E-state index in [4.69, 9.17) is 16.9 Å². The summed E-state index contributed by atoms with van der Waals surface area (Å²) in [5.74, 6) is 2.05. The summed E-state index contributed by atoms with van der Waals surface area (Å²) in [6, 6.07) is 0. The lowest BCUT2D eigenvalue weighted by Gasteiger charge is -2.31. The summed E-state index contributed by atoms with van der Waals surface area (Å²) in [6.45, 7) is 1.96. The Hall–Kier alpha value is -1.88. The van der Waals surface area contributed by atoms with Gasteiger partial charge in [0.25, 0.3) is 0 Å². The number of rotatable bonds is 3. The van der Waals surface area contributed by atoms with E-state index < -0.39 is 37.1 Å². The van der Waals surface area contributed by atoms with E-state index in [0.29, 0.717) is 0 Å². The molecule has 0 spiro atoms. The molecule has 6 nitrogen and oxygen atoms in total. The van der Waals surface area contributed by atoms with Gasteiger partial charge in [0.05, 0.1) is 12.5 Å². The molecular weight excluding hydrogens is 265 g/mol. The average molecular weight is 281 g/mol. The van der Waals surface area contributed by atoms with E-state index in [2.05, 4.69) is 17.5 Å². The van der Waals surface area contributed by atoms with Gasteiger partial charge < -0.3 is 25.6 Å². The Morgan fingerprint density at radius 2 is 2.40 bits per heavy atom. The zero-order valence-corrected chi connectivity index (χ0v) is 10.7. The smallest absolute Gasteiger partial charge is 0.152 e. The van der Waals surface area contributed by atoms with Gasteiger partial charge in [-0.3, -0.25) is 0 Å². The van der Waals surface area contributed by atoms with Gasteiger partial charge in [0.1, 0.15) is 30.0 Å². The number of alkyl halides is 1. The minimum absolute atomic E-state index is 0.259. The third-order valence-corrected chi connectivity index (χ3v) is 3.46. The Morgan fingerprint density at radius 3 is 2.90 bits per heavy atom. The summed E-state index contributed by atoms with van der Waals surface area (Å²) in [5.41, 5.74) is 3.80. The minimum Gasteiger partial charge on any atom is -0.393 e. The van der Waals surface area contributed by atoms with Crippen LogP contribution >= 0.6 is 0 Å². The van der Waals surface area contributed by atoms with Crippen molar-refractivity contribution in [3.63, 3.8) is 0 Å². The van der Waals surface area contributed by atoms with Crippen molar-refractivity contribution in [1.82, 2.24) is 4.90 Å². The van der Waals surface area contributed by atoms with Crippen LogP contribution in [0.15, 0.2) is 29.7 Å². The molecule has 2 aliphatic rings. The van der Waals surface area contributed by atoms with E-state index in [1.807, 2.05) is 0 Å². The van der Waals surface area contributed by atoms with E-state index in [-0.39, 0.29) is 11.7 Å². The molecule has 0 unspecified atom stereocenters. The summed E-state index contributed by atoms with van der Waals surface area (Å²) in [5, 5.41) is 19.5. The van der Waals surface area contributed by atoms with Gasteiger partial charge in [-0.05, 0) is 6.08 Å². The average Bonchev–Trinajstić information content (AvgIpc) is 2.71. The Labute approximate surface area is 116 Å². The first-order valence-corrected chi connectivity index (χ1v) is 5.97. The van der Waals surface area contributed by atoms with E-state index in [0.717, 1.165) is 0 Å². The molecule has 0 saturated carbocycles. The van der Waals surface area contributed by atoms with Crippen LogP contribution in [0.25, 0.3) is 0 Å². The summed E-state index contributed by atoms with van der Waals surface area (Å²) in [6.07, 6.45) is 6.22. The number of aliphatic hydroxyl groups excluding tert-OH is 2. The number of hydrogen-bond donors (Lipinski definition) is 3. The number of ether oxygens (including phenoxy) is 1. The third kappa shape index (κ3) is 2.08. The van der Waals surface area contributed by atoms with Crippen molar-refractivity contribution in [2.24, 2.45) is 16.6 Å². The summed E-state index contributed by atoms with van der Waals surface area (Å²) >= 11 is 0. The number of aliphatic imine (C=N–C) groups is 1. The molecular formula is C13H16FN3O3. The molecule has 20 heavy (non-hydrogen) atoms. The van der Waals surface area contributed by atoms with Gasteiger partial charge in [0, 0.05) is 6.20 Å². The Kier molecular flexibility index (Phi) is 3.81. The molecule has 0 bridgehead atoms. The van der Waals surface area contributed by atoms with Crippen molar-refractivity contribution in [3.8, 4) is 12.3 Å². The van der Waals surface area contributed by atoms with Gasteiger partial charge in [0.15, 0.2) is 6.23 Å². The number of terminal acetylenes is 1. The van der Waals surface area contributed by atoms with Crippen molar-refractivity contribution in [2.45, 2.75) is 17.9 Å². The van der Waals surface area contributed by atoms with Crippen LogP contribution < -0.4 is 5.73 Å². The normalized spacial score (nSPS) is 36.9. The second-order valence-corrected chi connectivity index (χ2v) is 4.68. The molecule has 4 atom stereocenters. The van der Waals surface area contributed by atoms with E-state index >= 15 is 0 Å². The van der Waals surface area contributed by atoms with Crippen molar-refractivity contribution >= 4 is 5.84 Å². The maximum atomic E-state index is 13.2. The van der Waals surface area contributed by atoms with Crippen molar-refractivity contribution in [1.29, 1.82) is 0 Å². The van der Waals surface area contributed by atoms with Crippen LogP contribution in [0.3, 0.4) is 0 Å². The highest BCUT2D eigenvalue weighted by atomic mass is 19.1. The molecule has 2 heterocycles. The first-order chi connectivity index (χ1) is 9.49. The first-order valence-electron chi connectivity index (χ1n) is 5.97. The topological polar surface area (TPSA) is 91.3 Å². The molecule has 2 aliphatic heterocycles. The molecule has 0 aromatic carbocycles. The number of halogens is 1. The highest BCUT2D eigenvalue weighted by molar-refractivity contribution is 5.92. The Morgan fingerprint density at radius 1 is 1.70 bits per heavy atom. The maximum Gasteiger partial charge on any atom is 0.152 e. The predicted molar refractivity (Wildman–Crippen MR) is 70.7 cm³/mol. The fraction of sp³-hybridized carbons (Fsp3) is 0.462. The standard InChI is InChI=1S/C13H16FN3O3/c1-3-9-11(19)13(6-14,7-18)20-12(9)17-5-4-10(15)16-8(17)2/h1,4-5,9,11-12,18-19H,2,6-7H2,(H2,15,16)/t9-,11-,12+,13+/m0/s1.